The van der Waals surface area contributed by atoms with Gasteiger partial charge in [-0.25, -0.2) is 4.98 Å². The minimum Gasteiger partial charge on any atom is -0.495 e. The number of hydrogen-bond acceptors (Lipinski definition) is 8. The number of ether oxygens (including phenoxy) is 2. The molecule has 228 valence electrons. The molecule has 2 heterocycles. The summed E-state index contributed by atoms with van der Waals surface area (Å²) in [7, 11) is 3.30. The SMILES string of the molecule is COCCN1CCCC(C)C1.COc1cc(SN)ccc1NCC#Cc1cc(C(N)=O)c2ncn(CC(F)(F)F)c2c1. The summed E-state index contributed by atoms with van der Waals surface area (Å²) in [6.45, 7) is 5.85. The zero-order chi connectivity index (χ0) is 30.7. The smallest absolute Gasteiger partial charge is 0.406 e. The maximum absolute atomic E-state index is 12.8. The number of methoxy groups -OCH3 is 2. The number of alkyl halides is 3. The number of carbonyl (C=O) groups excluding carboxylic acids is 1. The highest BCUT2D eigenvalue weighted by Crippen LogP contribution is 2.28. The third kappa shape index (κ3) is 9.84. The number of nitrogens with zero attached hydrogens (tertiary/aromatic N) is 3. The number of carbonyl (C=O) groups is 1. The quantitative estimate of drug-likeness (QED) is 0.241. The Hall–Kier alpha value is -3.44. The van der Waals surface area contributed by atoms with Gasteiger partial charge < -0.3 is 30.0 Å². The molecule has 0 bridgehead atoms. The summed E-state index contributed by atoms with van der Waals surface area (Å²) < 4.78 is 49.7. The Labute approximate surface area is 248 Å². The summed E-state index contributed by atoms with van der Waals surface area (Å²) in [6.07, 6.45) is -0.642. The van der Waals surface area contributed by atoms with Crippen LogP contribution in [0.25, 0.3) is 11.0 Å². The molecular weight excluding hydrogens is 569 g/mol. The van der Waals surface area contributed by atoms with Crippen LogP contribution in [0.15, 0.2) is 41.6 Å². The summed E-state index contributed by atoms with van der Waals surface area (Å²) in [5.74, 6) is 6.38. The van der Waals surface area contributed by atoms with E-state index in [-0.39, 0.29) is 23.1 Å². The van der Waals surface area contributed by atoms with Crippen LogP contribution in [0.5, 0.6) is 5.75 Å². The number of likely N-dealkylation sites (tertiary alicyclic amines) is 1. The predicted molar refractivity (Wildman–Crippen MR) is 159 cm³/mol. The molecule has 1 aliphatic rings. The number of benzene rings is 2. The molecule has 1 saturated heterocycles. The van der Waals surface area contributed by atoms with Gasteiger partial charge in [0.1, 0.15) is 17.8 Å². The summed E-state index contributed by atoms with van der Waals surface area (Å²) in [5, 5.41) is 8.63. The Bertz CT molecular complexity index is 1400. The van der Waals surface area contributed by atoms with Crippen molar-refractivity contribution in [2.45, 2.75) is 37.4 Å². The topological polar surface area (TPSA) is 121 Å². The molecule has 0 aliphatic carbocycles. The molecule has 1 atom stereocenters. The lowest BCUT2D eigenvalue weighted by Gasteiger charge is -2.30. The monoisotopic (exact) mass is 606 g/mol. The fourth-order valence-corrected chi connectivity index (χ4v) is 4.95. The van der Waals surface area contributed by atoms with Gasteiger partial charge in [0.15, 0.2) is 0 Å². The molecule has 9 nitrogen and oxygen atoms in total. The lowest BCUT2D eigenvalue weighted by atomic mass is 10.0. The number of nitrogens with one attached hydrogen (secondary N) is 1. The average Bonchev–Trinajstić information content (AvgIpc) is 3.35. The zero-order valence-electron chi connectivity index (χ0n) is 24.0. The van der Waals surface area contributed by atoms with Crippen LogP contribution in [-0.2, 0) is 11.3 Å². The Morgan fingerprint density at radius 2 is 2.05 bits per heavy atom. The molecule has 1 aliphatic heterocycles. The van der Waals surface area contributed by atoms with Crippen LogP contribution < -0.4 is 20.9 Å². The normalized spacial score (nSPS) is 15.4. The van der Waals surface area contributed by atoms with Crippen molar-refractivity contribution < 1.29 is 27.4 Å². The van der Waals surface area contributed by atoms with Crippen molar-refractivity contribution in [3.05, 3.63) is 47.8 Å². The van der Waals surface area contributed by atoms with Gasteiger partial charge in [-0.2, -0.15) is 13.2 Å². The third-order valence-electron chi connectivity index (χ3n) is 6.60. The number of fused-ring (bicyclic) bond motifs is 1. The summed E-state index contributed by atoms with van der Waals surface area (Å²) in [5.41, 5.74) is 6.65. The molecule has 1 unspecified atom stereocenters. The average molecular weight is 607 g/mol. The second-order valence-electron chi connectivity index (χ2n) is 9.92. The van der Waals surface area contributed by atoms with E-state index in [2.05, 4.69) is 34.0 Å². The molecule has 1 amide bonds. The van der Waals surface area contributed by atoms with Gasteiger partial charge in [-0.05, 0) is 67.6 Å². The molecule has 13 heteroatoms. The first-order valence-corrected chi connectivity index (χ1v) is 14.3. The molecule has 5 N–H and O–H groups in total. The molecule has 0 spiro atoms. The van der Waals surface area contributed by atoms with Crippen molar-refractivity contribution >= 4 is 34.6 Å². The van der Waals surface area contributed by atoms with E-state index in [0.717, 1.165) is 46.8 Å². The van der Waals surface area contributed by atoms with Gasteiger partial charge in [0.05, 0.1) is 43.4 Å². The van der Waals surface area contributed by atoms with E-state index >= 15 is 0 Å². The van der Waals surface area contributed by atoms with E-state index in [1.807, 2.05) is 6.07 Å². The maximum Gasteiger partial charge on any atom is 0.406 e. The molecule has 3 aromatic rings. The first kappa shape index (κ1) is 33.1. The molecule has 2 aromatic carbocycles. The van der Waals surface area contributed by atoms with Crippen molar-refractivity contribution in [2.24, 2.45) is 16.8 Å². The van der Waals surface area contributed by atoms with Crippen LogP contribution in [-0.4, -0.2) is 73.5 Å². The molecule has 0 radical (unpaired) electrons. The van der Waals surface area contributed by atoms with E-state index in [0.29, 0.717) is 17.0 Å². The maximum atomic E-state index is 12.8. The first-order chi connectivity index (χ1) is 20.0. The van der Waals surface area contributed by atoms with Gasteiger partial charge in [0.25, 0.3) is 5.91 Å². The molecule has 42 heavy (non-hydrogen) atoms. The highest BCUT2D eigenvalue weighted by molar-refractivity contribution is 7.97. The van der Waals surface area contributed by atoms with Crippen LogP contribution in [0.1, 0.15) is 35.7 Å². The Kier molecular flexibility index (Phi) is 12.4. The fourth-order valence-electron chi connectivity index (χ4n) is 4.63. The number of nitrogens with two attached hydrogens (primary N) is 2. The van der Waals surface area contributed by atoms with Crippen LogP contribution in [0, 0.1) is 17.8 Å². The lowest BCUT2D eigenvalue weighted by Crippen LogP contribution is -2.36. The standard InChI is InChI=1S/C20H18F3N5O2S.C9H19NO/c1-30-17-9-13(31-25)4-5-15(17)26-6-2-3-12-7-14(19(24)29)18-16(8-12)28(11-27-18)10-20(21,22)23;1-9-4-3-5-10(8-9)6-7-11-2/h4-5,7-9,11,26H,6,10,25H2,1H3,(H2,24,29);9H,3-8H2,1-2H3. The highest BCUT2D eigenvalue weighted by atomic mass is 32.2. The fraction of sp³-hybridized carbons (Fsp3) is 0.448. The van der Waals surface area contributed by atoms with Crippen LogP contribution in [0.3, 0.4) is 0 Å². The van der Waals surface area contributed by atoms with Crippen molar-refractivity contribution in [2.75, 3.05) is 52.3 Å². The number of anilines is 1. The van der Waals surface area contributed by atoms with Gasteiger partial charge in [-0.3, -0.25) is 9.93 Å². The molecular formula is C29H37F3N6O3S. The van der Waals surface area contributed by atoms with E-state index in [1.54, 1.807) is 19.2 Å². The minimum atomic E-state index is -4.44. The molecule has 0 saturated carbocycles. The largest absolute Gasteiger partial charge is 0.495 e. The highest BCUT2D eigenvalue weighted by Gasteiger charge is 2.29. The van der Waals surface area contributed by atoms with Crippen molar-refractivity contribution in [1.82, 2.24) is 14.5 Å². The van der Waals surface area contributed by atoms with E-state index < -0.39 is 18.6 Å². The second-order valence-corrected chi connectivity index (χ2v) is 10.6. The van der Waals surface area contributed by atoms with Crippen molar-refractivity contribution in [1.29, 1.82) is 0 Å². The predicted octanol–water partition coefficient (Wildman–Crippen LogP) is 4.50. The Morgan fingerprint density at radius 3 is 2.69 bits per heavy atom. The van der Waals surface area contributed by atoms with Gasteiger partial charge in [0.2, 0.25) is 0 Å². The summed E-state index contributed by atoms with van der Waals surface area (Å²) in [6, 6.07) is 8.24. The van der Waals surface area contributed by atoms with Crippen LogP contribution in [0.2, 0.25) is 0 Å². The van der Waals surface area contributed by atoms with Crippen molar-refractivity contribution in [3.63, 3.8) is 0 Å². The van der Waals surface area contributed by atoms with Crippen LogP contribution in [0.4, 0.5) is 18.9 Å². The summed E-state index contributed by atoms with van der Waals surface area (Å²) in [4.78, 5) is 19.0. The number of rotatable bonds is 9. The number of hydrogen-bond donors (Lipinski definition) is 3. The Balaban J connectivity index is 0.000000369. The number of imidazole rings is 1. The zero-order valence-corrected chi connectivity index (χ0v) is 24.8. The van der Waals surface area contributed by atoms with Crippen LogP contribution >= 0.6 is 11.9 Å². The molecule has 1 aromatic heterocycles. The minimum absolute atomic E-state index is 0.00669. The number of piperidine rings is 1. The van der Waals surface area contributed by atoms with E-state index in [9.17, 15) is 18.0 Å². The summed E-state index contributed by atoms with van der Waals surface area (Å²) >= 11 is 1.09. The van der Waals surface area contributed by atoms with Gasteiger partial charge in [0, 0.05) is 30.7 Å². The van der Waals surface area contributed by atoms with E-state index in [4.69, 9.17) is 20.3 Å². The van der Waals surface area contributed by atoms with Crippen molar-refractivity contribution in [3.8, 4) is 17.6 Å². The van der Waals surface area contributed by atoms with Gasteiger partial charge >= 0.3 is 6.18 Å². The Morgan fingerprint density at radius 1 is 1.26 bits per heavy atom. The van der Waals surface area contributed by atoms with Gasteiger partial charge in [-0.1, -0.05) is 18.8 Å². The van der Waals surface area contributed by atoms with E-state index in [1.165, 1.54) is 45.2 Å². The first-order valence-electron chi connectivity index (χ1n) is 13.4. The second kappa shape index (κ2) is 15.7. The molecule has 1 fully saturated rings. The lowest BCUT2D eigenvalue weighted by molar-refractivity contribution is -0.139. The number of primary amides is 1. The number of amides is 1. The third-order valence-corrected chi connectivity index (χ3v) is 7.13. The number of halogens is 3. The molecule has 4 rings (SSSR count). The number of aromatic nitrogens is 2. The van der Waals surface area contributed by atoms with Gasteiger partial charge in [-0.15, -0.1) is 0 Å².